The zero-order valence-electron chi connectivity index (χ0n) is 8.77. The Morgan fingerprint density at radius 3 is 2.94 bits per heavy atom. The van der Waals surface area contributed by atoms with E-state index in [4.69, 9.17) is 5.73 Å². The smallest absolute Gasteiger partial charge is 0.0712 e. The van der Waals surface area contributed by atoms with Crippen LogP contribution < -0.4 is 5.73 Å². The molecule has 0 saturated carbocycles. The Balaban J connectivity index is 1.98. The first kappa shape index (κ1) is 11.8. The van der Waals surface area contributed by atoms with Crippen LogP contribution in [0.15, 0.2) is 40.3 Å². The molecular formula is C12H13BrN2S. The van der Waals surface area contributed by atoms with Gasteiger partial charge in [-0.3, -0.25) is 4.98 Å². The van der Waals surface area contributed by atoms with E-state index in [1.807, 2.05) is 12.1 Å². The number of thiophene rings is 1. The quantitative estimate of drug-likeness (QED) is 0.937. The molecule has 2 N–H and O–H groups in total. The highest BCUT2D eigenvalue weighted by atomic mass is 79.9. The fraction of sp³-hybridized carbons (Fsp3) is 0.250. The van der Waals surface area contributed by atoms with Crippen LogP contribution in [0.4, 0.5) is 0 Å². The van der Waals surface area contributed by atoms with Crippen molar-refractivity contribution < 1.29 is 0 Å². The Bertz CT molecular complexity index is 442. The highest BCUT2D eigenvalue weighted by Gasteiger charge is 2.11. The van der Waals surface area contributed by atoms with Crippen LogP contribution in [0.25, 0.3) is 0 Å². The molecule has 0 saturated heterocycles. The van der Waals surface area contributed by atoms with Crippen molar-refractivity contribution in [2.75, 3.05) is 0 Å². The number of aromatic nitrogens is 1. The fourth-order valence-corrected chi connectivity index (χ4v) is 2.83. The van der Waals surface area contributed by atoms with Crippen molar-refractivity contribution in [2.24, 2.45) is 5.73 Å². The summed E-state index contributed by atoms with van der Waals surface area (Å²) in [5.41, 5.74) is 7.07. The van der Waals surface area contributed by atoms with Crippen LogP contribution in [0.5, 0.6) is 0 Å². The van der Waals surface area contributed by atoms with Crippen molar-refractivity contribution in [2.45, 2.75) is 18.9 Å². The number of rotatable bonds is 4. The third-order valence-electron chi connectivity index (χ3n) is 2.42. The molecule has 2 aromatic heterocycles. The third kappa shape index (κ3) is 2.90. The standard InChI is InChI=1S/C12H13BrN2S/c13-10-4-1-7-15-12(10)11(14)6-5-9-3-2-8-16-9/h1-4,7-8,11H,5-6,14H2. The zero-order valence-corrected chi connectivity index (χ0v) is 11.2. The molecule has 2 aromatic rings. The lowest BCUT2D eigenvalue weighted by molar-refractivity contribution is 0.634. The van der Waals surface area contributed by atoms with E-state index in [2.05, 4.69) is 38.4 Å². The number of nitrogens with zero attached hydrogens (tertiary/aromatic N) is 1. The molecule has 2 rings (SSSR count). The lowest BCUT2D eigenvalue weighted by Crippen LogP contribution is -2.13. The third-order valence-corrected chi connectivity index (χ3v) is 4.03. The van der Waals surface area contributed by atoms with Crippen LogP contribution in [0.2, 0.25) is 0 Å². The summed E-state index contributed by atoms with van der Waals surface area (Å²) in [4.78, 5) is 5.69. The summed E-state index contributed by atoms with van der Waals surface area (Å²) >= 11 is 5.25. The predicted molar refractivity (Wildman–Crippen MR) is 71.5 cm³/mol. The first-order valence-corrected chi connectivity index (χ1v) is 6.83. The van der Waals surface area contributed by atoms with Crippen LogP contribution in [0, 0.1) is 0 Å². The normalized spacial score (nSPS) is 12.6. The minimum Gasteiger partial charge on any atom is -0.323 e. The average Bonchev–Trinajstić information content (AvgIpc) is 2.79. The van der Waals surface area contributed by atoms with Crippen molar-refractivity contribution in [1.29, 1.82) is 0 Å². The fourth-order valence-electron chi connectivity index (χ4n) is 1.56. The second kappa shape index (κ2) is 5.57. The molecule has 4 heteroatoms. The topological polar surface area (TPSA) is 38.9 Å². The van der Waals surface area contributed by atoms with Crippen molar-refractivity contribution in [3.8, 4) is 0 Å². The van der Waals surface area contributed by atoms with Crippen LogP contribution in [-0.4, -0.2) is 4.98 Å². The van der Waals surface area contributed by atoms with Gasteiger partial charge in [-0.1, -0.05) is 6.07 Å². The van der Waals surface area contributed by atoms with Gasteiger partial charge in [0.25, 0.3) is 0 Å². The molecule has 1 unspecified atom stereocenters. The van der Waals surface area contributed by atoms with Crippen LogP contribution >= 0.6 is 27.3 Å². The van der Waals surface area contributed by atoms with Gasteiger partial charge in [0, 0.05) is 21.6 Å². The van der Waals surface area contributed by atoms with Crippen molar-refractivity contribution in [3.05, 3.63) is 50.9 Å². The first-order chi connectivity index (χ1) is 7.77. The lowest BCUT2D eigenvalue weighted by atomic mass is 10.1. The maximum atomic E-state index is 6.12. The van der Waals surface area contributed by atoms with Crippen molar-refractivity contribution in [1.82, 2.24) is 4.98 Å². The number of hydrogen-bond acceptors (Lipinski definition) is 3. The lowest BCUT2D eigenvalue weighted by Gasteiger charge is -2.11. The number of nitrogens with two attached hydrogens (primary N) is 1. The molecular weight excluding hydrogens is 284 g/mol. The minimum absolute atomic E-state index is 0.00215. The monoisotopic (exact) mass is 296 g/mol. The van der Waals surface area contributed by atoms with E-state index < -0.39 is 0 Å². The van der Waals surface area contributed by atoms with Gasteiger partial charge in [-0.25, -0.2) is 0 Å². The number of hydrogen-bond donors (Lipinski definition) is 1. The number of aryl methyl sites for hydroxylation is 1. The number of pyridine rings is 1. The summed E-state index contributed by atoms with van der Waals surface area (Å²) in [5.74, 6) is 0. The Labute approximate surface area is 108 Å². The van der Waals surface area contributed by atoms with E-state index in [1.54, 1.807) is 17.5 Å². The summed E-state index contributed by atoms with van der Waals surface area (Å²) in [7, 11) is 0. The molecule has 1 atom stereocenters. The molecule has 0 aliphatic rings. The Kier molecular flexibility index (Phi) is 4.09. The summed E-state index contributed by atoms with van der Waals surface area (Å²) in [6.45, 7) is 0. The van der Waals surface area contributed by atoms with Gasteiger partial charge >= 0.3 is 0 Å². The van der Waals surface area contributed by atoms with Gasteiger partial charge in [0.2, 0.25) is 0 Å². The molecule has 2 nitrogen and oxygen atoms in total. The SMILES string of the molecule is NC(CCc1cccs1)c1ncccc1Br. The molecule has 0 aliphatic carbocycles. The molecule has 84 valence electrons. The van der Waals surface area contributed by atoms with E-state index in [0.717, 1.165) is 23.0 Å². The van der Waals surface area contributed by atoms with Crippen molar-refractivity contribution >= 4 is 27.3 Å². The summed E-state index contributed by atoms with van der Waals surface area (Å²) in [5, 5.41) is 2.09. The molecule has 0 radical (unpaired) electrons. The van der Waals surface area contributed by atoms with Gasteiger partial charge in [0.15, 0.2) is 0 Å². The van der Waals surface area contributed by atoms with E-state index >= 15 is 0 Å². The van der Waals surface area contributed by atoms with Gasteiger partial charge in [-0.05, 0) is 52.4 Å². The molecule has 0 spiro atoms. The van der Waals surface area contributed by atoms with Crippen LogP contribution in [-0.2, 0) is 6.42 Å². The molecule has 0 bridgehead atoms. The predicted octanol–water partition coefficient (Wildman–Crippen LogP) is 3.54. The van der Waals surface area contributed by atoms with E-state index in [-0.39, 0.29) is 6.04 Å². The van der Waals surface area contributed by atoms with E-state index in [1.165, 1.54) is 4.88 Å². The van der Waals surface area contributed by atoms with Crippen molar-refractivity contribution in [3.63, 3.8) is 0 Å². The van der Waals surface area contributed by atoms with Crippen LogP contribution in [0.3, 0.4) is 0 Å². The van der Waals surface area contributed by atoms with Gasteiger partial charge in [0.1, 0.15) is 0 Å². The molecule has 16 heavy (non-hydrogen) atoms. The largest absolute Gasteiger partial charge is 0.323 e. The molecule has 2 heterocycles. The highest BCUT2D eigenvalue weighted by molar-refractivity contribution is 9.10. The summed E-state index contributed by atoms with van der Waals surface area (Å²) in [6, 6.07) is 8.10. The zero-order chi connectivity index (χ0) is 11.4. The Morgan fingerprint density at radius 2 is 2.25 bits per heavy atom. The molecule has 0 aliphatic heterocycles. The molecule has 0 amide bonds. The van der Waals surface area contributed by atoms with Gasteiger partial charge in [0.05, 0.1) is 5.69 Å². The van der Waals surface area contributed by atoms with E-state index in [0.29, 0.717) is 0 Å². The Hall–Kier alpha value is -0.710. The molecule has 0 aromatic carbocycles. The van der Waals surface area contributed by atoms with Gasteiger partial charge in [-0.15, -0.1) is 11.3 Å². The highest BCUT2D eigenvalue weighted by Crippen LogP contribution is 2.23. The van der Waals surface area contributed by atoms with Gasteiger partial charge < -0.3 is 5.73 Å². The second-order valence-electron chi connectivity index (χ2n) is 3.59. The average molecular weight is 297 g/mol. The van der Waals surface area contributed by atoms with E-state index in [9.17, 15) is 0 Å². The minimum atomic E-state index is -0.00215. The number of halogens is 1. The Morgan fingerprint density at radius 1 is 1.38 bits per heavy atom. The summed E-state index contributed by atoms with van der Waals surface area (Å²) < 4.78 is 0.994. The van der Waals surface area contributed by atoms with Crippen LogP contribution in [0.1, 0.15) is 23.0 Å². The summed E-state index contributed by atoms with van der Waals surface area (Å²) in [6.07, 6.45) is 3.73. The van der Waals surface area contributed by atoms with Gasteiger partial charge in [-0.2, -0.15) is 0 Å². The maximum absolute atomic E-state index is 6.12. The molecule has 0 fully saturated rings. The maximum Gasteiger partial charge on any atom is 0.0712 e. The second-order valence-corrected chi connectivity index (χ2v) is 5.48. The first-order valence-electron chi connectivity index (χ1n) is 5.16.